The number of aliphatic hydroxyl groups excluding tert-OH is 1. The van der Waals surface area contributed by atoms with Crippen LogP contribution in [0.25, 0.3) is 0 Å². The quantitative estimate of drug-likeness (QED) is 0.703. The van der Waals surface area contributed by atoms with E-state index in [0.717, 1.165) is 20.3 Å². The van der Waals surface area contributed by atoms with E-state index in [4.69, 9.17) is 4.74 Å². The van der Waals surface area contributed by atoms with Crippen molar-refractivity contribution in [2.24, 2.45) is 0 Å². The fourth-order valence-corrected chi connectivity index (χ4v) is 5.91. The van der Waals surface area contributed by atoms with Crippen LogP contribution in [-0.2, 0) is 4.74 Å². The number of halogens is 2. The minimum absolute atomic E-state index is 0.106. The highest BCUT2D eigenvalue weighted by Gasteiger charge is 2.55. The average Bonchev–Trinajstić information content (AvgIpc) is 3.12. The zero-order valence-corrected chi connectivity index (χ0v) is 16.9. The highest BCUT2D eigenvalue weighted by Crippen LogP contribution is 2.55. The van der Waals surface area contributed by atoms with Crippen LogP contribution in [0.2, 0.25) is 0 Å². The van der Waals surface area contributed by atoms with Gasteiger partial charge in [-0.25, -0.2) is 4.90 Å². The van der Waals surface area contributed by atoms with Crippen molar-refractivity contribution in [2.75, 3.05) is 19.0 Å². The van der Waals surface area contributed by atoms with E-state index in [0.29, 0.717) is 6.61 Å². The second kappa shape index (κ2) is 6.74. The van der Waals surface area contributed by atoms with Crippen LogP contribution in [-0.4, -0.2) is 34.5 Å². The largest absolute Gasteiger partial charge is 0.394 e. The van der Waals surface area contributed by atoms with Gasteiger partial charge in [-0.15, -0.1) is 11.8 Å². The maximum atomic E-state index is 10.1. The van der Waals surface area contributed by atoms with Gasteiger partial charge in [0.1, 0.15) is 6.23 Å². The second-order valence-corrected chi connectivity index (χ2v) is 9.13. The van der Waals surface area contributed by atoms with E-state index >= 15 is 0 Å². The predicted octanol–water partition coefficient (Wildman–Crippen LogP) is 4.72. The van der Waals surface area contributed by atoms with Crippen molar-refractivity contribution in [2.45, 2.75) is 17.1 Å². The van der Waals surface area contributed by atoms with Crippen LogP contribution in [0.1, 0.15) is 22.7 Å². The zero-order valence-electron chi connectivity index (χ0n) is 12.9. The number of rotatable bonds is 3. The molecule has 24 heavy (non-hydrogen) atoms. The summed E-state index contributed by atoms with van der Waals surface area (Å²) in [6.45, 7) is 0.660. The summed E-state index contributed by atoms with van der Waals surface area (Å²) in [5.74, 6) is 0.866. The van der Waals surface area contributed by atoms with E-state index in [1.165, 1.54) is 5.56 Å². The van der Waals surface area contributed by atoms with Gasteiger partial charge in [-0.3, -0.25) is 0 Å². The molecule has 0 aliphatic carbocycles. The second-order valence-electron chi connectivity index (χ2n) is 6.23. The molecule has 2 aliphatic heterocycles. The summed E-state index contributed by atoms with van der Waals surface area (Å²) in [4.78, 5) is 2.35. The lowest BCUT2D eigenvalue weighted by Crippen LogP contribution is -2.47. The first kappa shape index (κ1) is 17.1. The average molecular weight is 471 g/mol. The summed E-state index contributed by atoms with van der Waals surface area (Å²) in [5.41, 5.74) is 2.03. The SMILES string of the molecule is OC[C@@]12CO[C@H](c3cccc(Br)c3)N1[C@@H](c1cccc(Br)c1)SC2. The molecule has 2 aliphatic rings. The van der Waals surface area contributed by atoms with Crippen LogP contribution in [0.3, 0.4) is 0 Å². The Morgan fingerprint density at radius 2 is 1.79 bits per heavy atom. The molecule has 2 aromatic carbocycles. The Hall–Kier alpha value is -0.370. The number of fused-ring (bicyclic) bond motifs is 1. The Balaban J connectivity index is 1.75. The molecule has 0 radical (unpaired) electrons. The molecule has 2 aromatic rings. The van der Waals surface area contributed by atoms with Crippen molar-refractivity contribution in [1.29, 1.82) is 0 Å². The molecule has 0 unspecified atom stereocenters. The maximum Gasteiger partial charge on any atom is 0.138 e. The van der Waals surface area contributed by atoms with Crippen LogP contribution in [0, 0.1) is 0 Å². The molecule has 0 amide bonds. The lowest BCUT2D eigenvalue weighted by Gasteiger charge is -2.34. The Kier molecular flexibility index (Phi) is 4.79. The summed E-state index contributed by atoms with van der Waals surface area (Å²) >= 11 is 8.99. The summed E-state index contributed by atoms with van der Waals surface area (Å²) in [7, 11) is 0. The molecular formula is C18H17Br2NO2S. The third-order valence-electron chi connectivity index (χ3n) is 4.63. The summed E-state index contributed by atoms with van der Waals surface area (Å²) in [5, 5.41) is 10.3. The smallest absolute Gasteiger partial charge is 0.138 e. The van der Waals surface area contributed by atoms with E-state index < -0.39 is 0 Å². The molecule has 2 heterocycles. The molecule has 6 heteroatoms. The van der Waals surface area contributed by atoms with Crippen LogP contribution in [0.15, 0.2) is 57.5 Å². The number of thioether (sulfide) groups is 1. The van der Waals surface area contributed by atoms with Gasteiger partial charge in [0, 0.05) is 14.7 Å². The molecule has 0 saturated carbocycles. The standard InChI is InChI=1S/C18H17Br2NO2S/c19-14-5-1-3-12(7-14)16-21-17(13-4-2-6-15(20)8-13)24-11-18(21,9-22)10-23-16/h1-8,16-17,22H,9-11H2/t16-,17-,18+/m1/s1. The van der Waals surface area contributed by atoms with E-state index in [2.05, 4.69) is 67.1 Å². The maximum absolute atomic E-state index is 10.1. The number of nitrogens with zero attached hydrogens (tertiary/aromatic N) is 1. The minimum atomic E-state index is -0.315. The molecule has 2 fully saturated rings. The fraction of sp³-hybridized carbons (Fsp3) is 0.333. The lowest BCUT2D eigenvalue weighted by molar-refractivity contribution is 0.0106. The van der Waals surface area contributed by atoms with Gasteiger partial charge in [0.25, 0.3) is 0 Å². The molecule has 3 nitrogen and oxygen atoms in total. The molecule has 0 bridgehead atoms. The third-order valence-corrected chi connectivity index (χ3v) is 7.14. The highest BCUT2D eigenvalue weighted by molar-refractivity contribution is 9.10. The number of hydrogen-bond donors (Lipinski definition) is 1. The minimum Gasteiger partial charge on any atom is -0.394 e. The highest BCUT2D eigenvalue weighted by atomic mass is 79.9. The van der Waals surface area contributed by atoms with Gasteiger partial charge in [-0.1, -0.05) is 56.1 Å². The van der Waals surface area contributed by atoms with E-state index in [9.17, 15) is 5.11 Å². The van der Waals surface area contributed by atoms with Crippen molar-refractivity contribution in [3.63, 3.8) is 0 Å². The Labute approximate surface area is 162 Å². The number of hydrogen-bond acceptors (Lipinski definition) is 4. The Morgan fingerprint density at radius 3 is 2.46 bits per heavy atom. The van der Waals surface area contributed by atoms with Gasteiger partial charge >= 0.3 is 0 Å². The molecule has 0 aromatic heterocycles. The first-order valence-corrected chi connectivity index (χ1v) is 10.4. The van der Waals surface area contributed by atoms with Crippen molar-refractivity contribution < 1.29 is 9.84 Å². The molecule has 1 N–H and O–H groups in total. The molecule has 2 saturated heterocycles. The van der Waals surface area contributed by atoms with Gasteiger partial charge < -0.3 is 9.84 Å². The van der Waals surface area contributed by atoms with Gasteiger partial charge in [0.15, 0.2) is 0 Å². The summed E-state index contributed by atoms with van der Waals surface area (Å²) < 4.78 is 8.27. The fourth-order valence-electron chi connectivity index (χ4n) is 3.45. The van der Waals surface area contributed by atoms with Crippen LogP contribution >= 0.6 is 43.6 Å². The zero-order chi connectivity index (χ0) is 16.7. The van der Waals surface area contributed by atoms with Gasteiger partial charge in [-0.2, -0.15) is 0 Å². The van der Waals surface area contributed by atoms with Gasteiger partial charge in [0.2, 0.25) is 0 Å². The van der Waals surface area contributed by atoms with Gasteiger partial charge in [-0.05, 0) is 35.4 Å². The first-order valence-electron chi connectivity index (χ1n) is 7.76. The summed E-state index contributed by atoms with van der Waals surface area (Å²) in [6.07, 6.45) is -0.145. The summed E-state index contributed by atoms with van der Waals surface area (Å²) in [6, 6.07) is 16.6. The normalized spacial score (nSPS) is 29.8. The molecule has 0 spiro atoms. The first-order chi connectivity index (χ1) is 11.6. The molecule has 3 atom stereocenters. The molecule has 126 valence electrons. The van der Waals surface area contributed by atoms with E-state index in [-0.39, 0.29) is 23.7 Å². The van der Waals surface area contributed by atoms with Crippen molar-refractivity contribution in [3.8, 4) is 0 Å². The third kappa shape index (κ3) is 2.87. The monoisotopic (exact) mass is 469 g/mol. The van der Waals surface area contributed by atoms with Crippen LogP contribution in [0.5, 0.6) is 0 Å². The van der Waals surface area contributed by atoms with Crippen molar-refractivity contribution in [3.05, 3.63) is 68.6 Å². The Morgan fingerprint density at radius 1 is 1.12 bits per heavy atom. The van der Waals surface area contributed by atoms with Crippen molar-refractivity contribution >= 4 is 43.6 Å². The Bertz CT molecular complexity index is 700. The number of ether oxygens (including phenoxy) is 1. The molecular weight excluding hydrogens is 454 g/mol. The van der Waals surface area contributed by atoms with E-state index in [1.54, 1.807) is 0 Å². The lowest BCUT2D eigenvalue weighted by atomic mass is 10.0. The topological polar surface area (TPSA) is 32.7 Å². The number of benzene rings is 2. The predicted molar refractivity (Wildman–Crippen MR) is 104 cm³/mol. The van der Waals surface area contributed by atoms with Gasteiger partial charge in [0.05, 0.1) is 24.1 Å². The number of aliphatic hydroxyl groups is 1. The van der Waals surface area contributed by atoms with E-state index in [1.807, 2.05) is 30.0 Å². The molecule has 4 rings (SSSR count). The van der Waals surface area contributed by atoms with Crippen LogP contribution in [0.4, 0.5) is 0 Å². The van der Waals surface area contributed by atoms with Crippen molar-refractivity contribution in [1.82, 2.24) is 4.90 Å². The van der Waals surface area contributed by atoms with Crippen LogP contribution < -0.4 is 0 Å².